The molecule has 0 unspecified atom stereocenters. The van der Waals surface area contributed by atoms with Crippen LogP contribution in [0.2, 0.25) is 0 Å². The second kappa shape index (κ2) is 32.8. The van der Waals surface area contributed by atoms with Crippen LogP contribution in [-0.4, -0.2) is 28.6 Å². The molecule has 0 saturated carbocycles. The number of hydrogen-bond donors (Lipinski definition) is 3. The summed E-state index contributed by atoms with van der Waals surface area (Å²) in [6.07, 6.45) is 2.52. The second-order valence-electron chi connectivity index (χ2n) is 3.34. The van der Waals surface area contributed by atoms with Gasteiger partial charge in [0, 0.05) is 12.2 Å². The van der Waals surface area contributed by atoms with Crippen molar-refractivity contribution in [2.24, 2.45) is 5.73 Å². The Balaban J connectivity index is -0.0000000778. The van der Waals surface area contributed by atoms with Gasteiger partial charge in [0.2, 0.25) is 0 Å². The molecule has 4 nitrogen and oxygen atoms in total. The number of para-hydroxylation sites is 1. The van der Waals surface area contributed by atoms with E-state index >= 15 is 0 Å². The Bertz CT molecular complexity index is 390. The van der Waals surface area contributed by atoms with Crippen LogP contribution in [-0.2, 0) is 11.2 Å². The van der Waals surface area contributed by atoms with Crippen molar-refractivity contribution in [1.82, 2.24) is 0 Å². The van der Waals surface area contributed by atoms with E-state index in [9.17, 15) is 5.11 Å². The molecular weight excluding hydrogens is 322 g/mol. The largest absolute Gasteiger partial charge is 0.507 e. The summed E-state index contributed by atoms with van der Waals surface area (Å²) >= 11 is 4.31. The lowest BCUT2D eigenvalue weighted by atomic mass is 10.1. The van der Waals surface area contributed by atoms with Crippen LogP contribution in [0.15, 0.2) is 37.9 Å². The lowest BCUT2D eigenvalue weighted by Crippen LogP contribution is -1.98. The number of aryl methyl sites for hydroxylation is 1. The topological polar surface area (TPSA) is 83.5 Å². The van der Waals surface area contributed by atoms with Crippen molar-refractivity contribution in [2.45, 2.75) is 41.0 Å². The Hall–Kier alpha value is -1.98. The highest BCUT2D eigenvalue weighted by Gasteiger charge is 2.00. The Morgan fingerprint density at radius 3 is 1.83 bits per heavy atom. The number of aliphatic hydroxyl groups is 1. The van der Waals surface area contributed by atoms with Gasteiger partial charge in [0.25, 0.3) is 0 Å². The summed E-state index contributed by atoms with van der Waals surface area (Å²) in [7, 11) is 0. The minimum absolute atomic E-state index is 0.250. The third-order valence-corrected chi connectivity index (χ3v) is 1.75. The summed E-state index contributed by atoms with van der Waals surface area (Å²) in [6.45, 7) is 21.2. The van der Waals surface area contributed by atoms with Gasteiger partial charge in [-0.3, -0.25) is 0 Å². The molecule has 1 rings (SSSR count). The van der Waals surface area contributed by atoms with Gasteiger partial charge in [0.1, 0.15) is 12.5 Å². The fourth-order valence-corrected chi connectivity index (χ4v) is 1.06. The van der Waals surface area contributed by atoms with Crippen LogP contribution in [0, 0.1) is 0 Å². The Morgan fingerprint density at radius 1 is 1.25 bits per heavy atom. The first kappa shape index (κ1) is 33.6. The molecule has 5 heteroatoms. The molecule has 1 aromatic carbocycles. The van der Waals surface area contributed by atoms with E-state index in [4.69, 9.17) is 15.6 Å². The molecule has 1 aromatic rings. The molecule has 0 radical (unpaired) electrons. The van der Waals surface area contributed by atoms with Crippen LogP contribution < -0.4 is 5.73 Å². The standard InChI is InChI=1S/C10H12O.C2H5NS.C2H6O.C2H6.C2H4.CH2O/c1-3-8-6-5-7-9(4-2)10(8)11;1-2(3)4;1-2-3;3*1-2/h3,5-7,11H,1,4H2,2H3;1H3,(H2,3,4);3H,2H2,1H3;1-2H3;1-2H2;1H2. The molecule has 0 bridgehead atoms. The lowest BCUT2D eigenvalue weighted by Gasteiger charge is -2.03. The number of hydrogen-bond acceptors (Lipinski definition) is 4. The van der Waals surface area contributed by atoms with E-state index in [0.29, 0.717) is 10.7 Å². The summed E-state index contributed by atoms with van der Waals surface area (Å²) in [6, 6.07) is 5.69. The highest BCUT2D eigenvalue weighted by molar-refractivity contribution is 7.80. The van der Waals surface area contributed by atoms with Gasteiger partial charge in [0.05, 0.1) is 4.99 Å². The first-order valence-corrected chi connectivity index (χ1v) is 7.94. The zero-order valence-electron chi connectivity index (χ0n) is 15.8. The maximum atomic E-state index is 9.52. The molecule has 0 fully saturated rings. The van der Waals surface area contributed by atoms with Gasteiger partial charge in [-0.15, -0.1) is 13.2 Å². The fourth-order valence-electron chi connectivity index (χ4n) is 1.06. The number of carbonyl (C=O) groups excluding carboxylic acids is 1. The van der Waals surface area contributed by atoms with Crippen LogP contribution in [0.1, 0.15) is 45.7 Å². The van der Waals surface area contributed by atoms with Gasteiger partial charge in [-0.2, -0.15) is 0 Å². The van der Waals surface area contributed by atoms with E-state index in [1.165, 1.54) is 0 Å². The van der Waals surface area contributed by atoms with Crippen LogP contribution in [0.25, 0.3) is 6.08 Å². The normalized spacial score (nSPS) is 6.75. The summed E-state index contributed by atoms with van der Waals surface area (Å²) in [5.41, 5.74) is 6.63. The summed E-state index contributed by atoms with van der Waals surface area (Å²) in [4.78, 5) is 8.50. The monoisotopic (exact) mass is 357 g/mol. The number of thiocarbonyl (C=S) groups is 1. The predicted octanol–water partition coefficient (Wildman–Crippen LogP) is 4.53. The molecule has 24 heavy (non-hydrogen) atoms. The first-order valence-electron chi connectivity index (χ1n) is 7.53. The van der Waals surface area contributed by atoms with Crippen LogP contribution >= 0.6 is 12.2 Å². The first-order chi connectivity index (χ1) is 11.4. The van der Waals surface area contributed by atoms with E-state index in [0.717, 1.165) is 17.5 Å². The van der Waals surface area contributed by atoms with Gasteiger partial charge in [-0.1, -0.05) is 63.8 Å². The van der Waals surface area contributed by atoms with Crippen LogP contribution in [0.3, 0.4) is 0 Å². The summed E-state index contributed by atoms with van der Waals surface area (Å²) in [5.74, 6) is 0.366. The number of benzene rings is 1. The number of rotatable bonds is 2. The Kier molecular flexibility index (Phi) is 45.9. The minimum atomic E-state index is 0.250. The molecule has 0 saturated heterocycles. The van der Waals surface area contributed by atoms with Gasteiger partial charge >= 0.3 is 0 Å². The molecule has 4 N–H and O–H groups in total. The highest BCUT2D eigenvalue weighted by atomic mass is 32.1. The Morgan fingerprint density at radius 2 is 1.58 bits per heavy atom. The molecule has 0 heterocycles. The lowest BCUT2D eigenvalue weighted by molar-refractivity contribution is -0.0979. The van der Waals surface area contributed by atoms with Crippen molar-refractivity contribution in [3.05, 3.63) is 49.1 Å². The maximum Gasteiger partial charge on any atom is 0.125 e. The molecule has 140 valence electrons. The number of aromatic hydroxyl groups is 1. The molecule has 0 spiro atoms. The van der Waals surface area contributed by atoms with Crippen molar-refractivity contribution >= 4 is 30.1 Å². The molecule has 0 aliphatic rings. The average molecular weight is 358 g/mol. The second-order valence-corrected chi connectivity index (χ2v) is 3.98. The number of carbonyl (C=O) groups is 1. The zero-order chi connectivity index (χ0) is 20.6. The van der Waals surface area contributed by atoms with Gasteiger partial charge in [-0.05, 0) is 25.8 Å². The fraction of sp³-hybridized carbons (Fsp3) is 0.368. The molecule has 0 aliphatic heterocycles. The van der Waals surface area contributed by atoms with E-state index < -0.39 is 0 Å². The van der Waals surface area contributed by atoms with Crippen molar-refractivity contribution < 1.29 is 15.0 Å². The quantitative estimate of drug-likeness (QED) is 0.535. The minimum Gasteiger partial charge on any atom is -0.507 e. The van der Waals surface area contributed by atoms with Crippen LogP contribution in [0.4, 0.5) is 0 Å². The third kappa shape index (κ3) is 28.2. The maximum absolute atomic E-state index is 9.52. The Labute approximate surface area is 153 Å². The van der Waals surface area contributed by atoms with Crippen molar-refractivity contribution in [1.29, 1.82) is 0 Å². The number of nitrogens with two attached hydrogens (primary N) is 1. The number of aliphatic hydroxyl groups excluding tert-OH is 1. The molecule has 0 atom stereocenters. The van der Waals surface area contributed by atoms with E-state index in [1.54, 1.807) is 19.9 Å². The van der Waals surface area contributed by atoms with Crippen molar-refractivity contribution in [3.63, 3.8) is 0 Å². The van der Waals surface area contributed by atoms with Gasteiger partial charge < -0.3 is 20.7 Å². The number of phenols is 1. The SMILES string of the molecule is C=C.C=Cc1cccc(CC)c1O.C=O.CC.CC(N)=S.CCO. The summed E-state index contributed by atoms with van der Waals surface area (Å²) < 4.78 is 0. The molecular formula is C19H35NO3S. The smallest absolute Gasteiger partial charge is 0.125 e. The van der Waals surface area contributed by atoms with E-state index in [2.05, 4.69) is 32.0 Å². The number of phenolic OH excluding ortho intramolecular Hbond substituents is 1. The van der Waals surface area contributed by atoms with E-state index in [1.807, 2.05) is 45.8 Å². The molecule has 0 aromatic heterocycles. The third-order valence-electron chi connectivity index (χ3n) is 1.75. The van der Waals surface area contributed by atoms with E-state index in [-0.39, 0.29) is 6.61 Å². The van der Waals surface area contributed by atoms with Crippen molar-refractivity contribution in [3.8, 4) is 5.75 Å². The summed E-state index contributed by atoms with van der Waals surface area (Å²) in [5, 5.41) is 17.1. The van der Waals surface area contributed by atoms with Gasteiger partial charge in [-0.25, -0.2) is 0 Å². The molecule has 0 aliphatic carbocycles. The molecule has 0 amide bonds. The predicted molar refractivity (Wildman–Crippen MR) is 113 cm³/mol. The highest BCUT2D eigenvalue weighted by Crippen LogP contribution is 2.23. The van der Waals surface area contributed by atoms with Gasteiger partial charge in [0.15, 0.2) is 0 Å². The van der Waals surface area contributed by atoms with Crippen molar-refractivity contribution in [2.75, 3.05) is 6.61 Å². The zero-order valence-corrected chi connectivity index (χ0v) is 16.7. The average Bonchev–Trinajstić information content (AvgIpc) is 2.61. The van der Waals surface area contributed by atoms with Crippen LogP contribution in [0.5, 0.6) is 5.75 Å².